The summed E-state index contributed by atoms with van der Waals surface area (Å²) in [7, 11) is 0. The van der Waals surface area contributed by atoms with Crippen LogP contribution in [-0.2, 0) is 6.42 Å². The van der Waals surface area contributed by atoms with Crippen molar-refractivity contribution < 1.29 is 4.39 Å². The molecular weight excluding hydrogens is 283 g/mol. The van der Waals surface area contributed by atoms with Crippen LogP contribution in [0.1, 0.15) is 54.1 Å². The molecule has 1 unspecified atom stereocenters. The third-order valence-electron chi connectivity index (χ3n) is 4.23. The van der Waals surface area contributed by atoms with E-state index in [2.05, 4.69) is 24.1 Å². The number of thiazole rings is 1. The first-order chi connectivity index (χ1) is 10.2. The van der Waals surface area contributed by atoms with Crippen molar-refractivity contribution >= 4 is 11.3 Å². The van der Waals surface area contributed by atoms with Crippen LogP contribution in [0.25, 0.3) is 0 Å². The van der Waals surface area contributed by atoms with Crippen molar-refractivity contribution in [2.24, 2.45) is 0 Å². The number of aryl methyl sites for hydroxylation is 1. The number of nitrogens with zero attached hydrogens (tertiary/aromatic N) is 1. The van der Waals surface area contributed by atoms with Crippen LogP contribution in [0.3, 0.4) is 0 Å². The lowest BCUT2D eigenvalue weighted by atomic mass is 9.75. The second kappa shape index (κ2) is 6.24. The second-order valence-electron chi connectivity index (χ2n) is 5.83. The molecule has 1 aromatic heterocycles. The van der Waals surface area contributed by atoms with Gasteiger partial charge in [-0.25, -0.2) is 9.37 Å². The van der Waals surface area contributed by atoms with Crippen LogP contribution in [0.15, 0.2) is 30.5 Å². The van der Waals surface area contributed by atoms with E-state index in [9.17, 15) is 4.39 Å². The minimum absolute atomic E-state index is 0.132. The largest absolute Gasteiger partial charge is 0.305 e. The highest BCUT2D eigenvalue weighted by molar-refractivity contribution is 7.11. The average molecular weight is 304 g/mol. The summed E-state index contributed by atoms with van der Waals surface area (Å²) in [4.78, 5) is 5.83. The zero-order valence-corrected chi connectivity index (χ0v) is 13.3. The van der Waals surface area contributed by atoms with Crippen LogP contribution >= 0.6 is 11.3 Å². The molecule has 0 aliphatic heterocycles. The summed E-state index contributed by atoms with van der Waals surface area (Å²) in [5.74, 6) is 0.361. The van der Waals surface area contributed by atoms with Crippen molar-refractivity contribution in [3.05, 3.63) is 51.7 Å². The van der Waals surface area contributed by atoms with E-state index in [0.29, 0.717) is 18.0 Å². The van der Waals surface area contributed by atoms with Crippen LogP contribution in [0.5, 0.6) is 0 Å². The number of hydrogen-bond donors (Lipinski definition) is 1. The summed E-state index contributed by atoms with van der Waals surface area (Å²) in [5, 5.41) is 4.81. The predicted molar refractivity (Wildman–Crippen MR) is 85.2 cm³/mol. The topological polar surface area (TPSA) is 24.9 Å². The van der Waals surface area contributed by atoms with E-state index in [4.69, 9.17) is 0 Å². The van der Waals surface area contributed by atoms with Crippen molar-refractivity contribution in [3.63, 3.8) is 0 Å². The summed E-state index contributed by atoms with van der Waals surface area (Å²) in [5.41, 5.74) is 1.13. The molecule has 21 heavy (non-hydrogen) atoms. The van der Waals surface area contributed by atoms with Crippen LogP contribution in [0.2, 0.25) is 0 Å². The molecule has 1 aromatic carbocycles. The van der Waals surface area contributed by atoms with E-state index in [1.807, 2.05) is 12.3 Å². The Hall–Kier alpha value is -1.26. The van der Waals surface area contributed by atoms with Gasteiger partial charge >= 0.3 is 0 Å². The summed E-state index contributed by atoms with van der Waals surface area (Å²) >= 11 is 1.79. The van der Waals surface area contributed by atoms with Crippen LogP contribution in [0.4, 0.5) is 4.39 Å². The van der Waals surface area contributed by atoms with Gasteiger partial charge < -0.3 is 5.32 Å². The fourth-order valence-electron chi connectivity index (χ4n) is 2.90. The molecule has 0 bridgehead atoms. The van der Waals surface area contributed by atoms with E-state index in [-0.39, 0.29) is 5.82 Å². The molecule has 0 radical (unpaired) electrons. The van der Waals surface area contributed by atoms with Gasteiger partial charge in [0.25, 0.3) is 0 Å². The second-order valence-corrected chi connectivity index (χ2v) is 6.97. The highest BCUT2D eigenvalue weighted by Crippen LogP contribution is 2.38. The predicted octanol–water partition coefficient (Wildman–Crippen LogP) is 4.44. The molecule has 3 rings (SSSR count). The lowest BCUT2D eigenvalue weighted by Crippen LogP contribution is -2.41. The fourth-order valence-corrected chi connectivity index (χ4v) is 3.77. The molecule has 0 amide bonds. The molecule has 1 heterocycles. The normalized spacial score (nSPS) is 22.8. The molecule has 0 saturated heterocycles. The van der Waals surface area contributed by atoms with Crippen LogP contribution in [-0.4, -0.2) is 11.0 Å². The van der Waals surface area contributed by atoms with Gasteiger partial charge in [0.15, 0.2) is 0 Å². The molecular formula is C17H21FN2S. The van der Waals surface area contributed by atoms with Gasteiger partial charge in [-0.05, 0) is 49.8 Å². The van der Waals surface area contributed by atoms with E-state index in [0.717, 1.165) is 24.8 Å². The van der Waals surface area contributed by atoms with Gasteiger partial charge in [-0.1, -0.05) is 19.1 Å². The first-order valence-corrected chi connectivity index (χ1v) is 8.43. The molecule has 1 fully saturated rings. The van der Waals surface area contributed by atoms with Crippen molar-refractivity contribution in [3.8, 4) is 0 Å². The van der Waals surface area contributed by atoms with E-state index >= 15 is 0 Å². The van der Waals surface area contributed by atoms with Gasteiger partial charge in [-0.15, -0.1) is 11.3 Å². The van der Waals surface area contributed by atoms with Gasteiger partial charge in [0, 0.05) is 17.1 Å². The third-order valence-corrected chi connectivity index (χ3v) is 5.56. The Morgan fingerprint density at radius 1 is 1.43 bits per heavy atom. The summed E-state index contributed by atoms with van der Waals surface area (Å²) in [6.45, 7) is 4.33. The Morgan fingerprint density at radius 3 is 2.90 bits per heavy atom. The quantitative estimate of drug-likeness (QED) is 0.883. The van der Waals surface area contributed by atoms with E-state index in [1.165, 1.54) is 16.0 Å². The molecule has 1 saturated carbocycles. The van der Waals surface area contributed by atoms with E-state index in [1.54, 1.807) is 23.5 Å². The summed E-state index contributed by atoms with van der Waals surface area (Å²) in [6, 6.07) is 7.82. The summed E-state index contributed by atoms with van der Waals surface area (Å²) < 4.78 is 13.2. The van der Waals surface area contributed by atoms with Crippen molar-refractivity contribution in [1.29, 1.82) is 0 Å². The van der Waals surface area contributed by atoms with Gasteiger partial charge in [0.05, 0.1) is 6.04 Å². The molecule has 0 spiro atoms. The highest BCUT2D eigenvalue weighted by atomic mass is 32.1. The fraction of sp³-hybridized carbons (Fsp3) is 0.471. The maximum absolute atomic E-state index is 13.2. The molecule has 1 aliphatic rings. The highest BCUT2D eigenvalue weighted by Gasteiger charge is 2.31. The molecule has 112 valence electrons. The molecule has 4 heteroatoms. The standard InChI is InChI=1S/C17H21FN2S/c1-3-16-10-19-17(21-16)11(2)20-15-8-13(9-15)12-5-4-6-14(18)7-12/h4-7,10-11,13,15,20H,3,8-9H2,1-2H3. The minimum atomic E-state index is -0.132. The van der Waals surface area contributed by atoms with Crippen LogP contribution < -0.4 is 5.32 Å². The lowest BCUT2D eigenvalue weighted by Gasteiger charge is -2.37. The SMILES string of the molecule is CCc1cnc(C(C)NC2CC(c3cccc(F)c3)C2)s1. The lowest BCUT2D eigenvalue weighted by molar-refractivity contribution is 0.270. The molecule has 2 nitrogen and oxygen atoms in total. The maximum Gasteiger partial charge on any atom is 0.123 e. The monoisotopic (exact) mass is 304 g/mol. The van der Waals surface area contributed by atoms with Crippen molar-refractivity contribution in [1.82, 2.24) is 10.3 Å². The van der Waals surface area contributed by atoms with Crippen molar-refractivity contribution in [2.45, 2.75) is 51.1 Å². The molecule has 2 aromatic rings. The molecule has 1 N–H and O–H groups in total. The van der Waals surface area contributed by atoms with E-state index < -0.39 is 0 Å². The Balaban J connectivity index is 1.52. The number of benzene rings is 1. The zero-order chi connectivity index (χ0) is 14.8. The van der Waals surface area contributed by atoms with Gasteiger partial charge in [0.1, 0.15) is 10.8 Å². The van der Waals surface area contributed by atoms with Gasteiger partial charge in [-0.3, -0.25) is 0 Å². The third kappa shape index (κ3) is 3.33. The molecule has 1 atom stereocenters. The number of aromatic nitrogens is 1. The number of nitrogens with one attached hydrogen (secondary N) is 1. The first-order valence-electron chi connectivity index (χ1n) is 7.61. The van der Waals surface area contributed by atoms with Crippen molar-refractivity contribution in [2.75, 3.05) is 0 Å². The number of halogens is 1. The zero-order valence-electron chi connectivity index (χ0n) is 12.5. The Bertz CT molecular complexity index is 604. The Kier molecular flexibility index (Phi) is 4.36. The average Bonchev–Trinajstić information content (AvgIpc) is 2.91. The van der Waals surface area contributed by atoms with Gasteiger partial charge in [-0.2, -0.15) is 0 Å². The minimum Gasteiger partial charge on any atom is -0.305 e. The number of rotatable bonds is 5. The summed E-state index contributed by atoms with van der Waals surface area (Å²) in [6.07, 6.45) is 5.20. The Morgan fingerprint density at radius 2 is 2.24 bits per heavy atom. The van der Waals surface area contributed by atoms with Crippen LogP contribution in [0, 0.1) is 5.82 Å². The smallest absolute Gasteiger partial charge is 0.123 e. The van der Waals surface area contributed by atoms with Gasteiger partial charge in [0.2, 0.25) is 0 Å². The Labute approximate surface area is 129 Å². The number of hydrogen-bond acceptors (Lipinski definition) is 3. The molecule has 1 aliphatic carbocycles. The maximum atomic E-state index is 13.2. The first kappa shape index (κ1) is 14.7.